The van der Waals surface area contributed by atoms with Gasteiger partial charge < -0.3 is 9.15 Å². The molecule has 3 aromatic rings. The fraction of sp³-hybridized carbons (Fsp3) is 0.0500. The highest BCUT2D eigenvalue weighted by molar-refractivity contribution is 5.97. The van der Waals surface area contributed by atoms with Crippen molar-refractivity contribution in [1.82, 2.24) is 5.43 Å². The molecule has 0 aliphatic heterocycles. The Labute approximate surface area is 150 Å². The van der Waals surface area contributed by atoms with E-state index in [1.165, 1.54) is 13.3 Å². The topological polar surface area (TPSA) is 80.9 Å². The highest BCUT2D eigenvalue weighted by atomic mass is 16.5. The summed E-state index contributed by atoms with van der Waals surface area (Å²) in [5.74, 6) is 0.182. The van der Waals surface area contributed by atoms with Crippen LogP contribution in [0, 0.1) is 0 Å². The quantitative estimate of drug-likeness (QED) is 0.435. The second-order valence-electron chi connectivity index (χ2n) is 5.30. The van der Waals surface area contributed by atoms with E-state index in [1.807, 2.05) is 6.07 Å². The number of rotatable bonds is 5. The molecular weight excluding hydrogens is 332 g/mol. The zero-order valence-electron chi connectivity index (χ0n) is 14.0. The number of esters is 1. The Kier molecular flexibility index (Phi) is 5.24. The summed E-state index contributed by atoms with van der Waals surface area (Å²) >= 11 is 0. The zero-order valence-corrected chi connectivity index (χ0v) is 14.0. The van der Waals surface area contributed by atoms with E-state index >= 15 is 0 Å². The number of furan rings is 1. The minimum Gasteiger partial charge on any atom is -0.465 e. The number of methoxy groups -OCH3 is 1. The molecule has 0 aliphatic rings. The molecule has 1 amide bonds. The van der Waals surface area contributed by atoms with Gasteiger partial charge in [0.2, 0.25) is 0 Å². The van der Waals surface area contributed by atoms with Gasteiger partial charge in [-0.05, 0) is 30.3 Å². The Morgan fingerprint density at radius 3 is 2.50 bits per heavy atom. The maximum Gasteiger partial charge on any atom is 0.338 e. The second kappa shape index (κ2) is 7.94. The Morgan fingerprint density at radius 2 is 1.73 bits per heavy atom. The predicted octanol–water partition coefficient (Wildman–Crippen LogP) is 3.50. The molecule has 1 aromatic heterocycles. The number of hydrogen-bond acceptors (Lipinski definition) is 5. The molecule has 0 atom stereocenters. The van der Waals surface area contributed by atoms with Gasteiger partial charge in [-0.2, -0.15) is 5.10 Å². The number of amides is 1. The second-order valence-corrected chi connectivity index (χ2v) is 5.30. The van der Waals surface area contributed by atoms with E-state index in [1.54, 1.807) is 60.7 Å². The molecule has 1 heterocycles. The first-order chi connectivity index (χ1) is 12.7. The number of nitrogens with zero attached hydrogens (tertiary/aromatic N) is 1. The molecule has 0 unspecified atom stereocenters. The number of carbonyl (C=O) groups is 2. The molecule has 0 spiro atoms. The normalized spacial score (nSPS) is 10.7. The summed E-state index contributed by atoms with van der Waals surface area (Å²) in [7, 11) is 1.33. The van der Waals surface area contributed by atoms with Crippen LogP contribution in [0.3, 0.4) is 0 Å². The lowest BCUT2D eigenvalue weighted by Crippen LogP contribution is -2.17. The van der Waals surface area contributed by atoms with Gasteiger partial charge in [-0.3, -0.25) is 4.79 Å². The van der Waals surface area contributed by atoms with Gasteiger partial charge in [-0.1, -0.05) is 36.4 Å². The number of nitrogens with one attached hydrogen (secondary N) is 1. The van der Waals surface area contributed by atoms with E-state index in [2.05, 4.69) is 10.5 Å². The van der Waals surface area contributed by atoms with Crippen molar-refractivity contribution in [3.63, 3.8) is 0 Å². The molecule has 130 valence electrons. The summed E-state index contributed by atoms with van der Waals surface area (Å²) in [4.78, 5) is 23.8. The van der Waals surface area contributed by atoms with Crippen molar-refractivity contribution < 1.29 is 18.7 Å². The minimum absolute atomic E-state index is 0.315. The summed E-state index contributed by atoms with van der Waals surface area (Å²) in [6, 6.07) is 19.2. The highest BCUT2D eigenvalue weighted by Crippen LogP contribution is 2.25. The van der Waals surface area contributed by atoms with Crippen LogP contribution in [0.5, 0.6) is 0 Å². The Bertz CT molecular complexity index is 945. The van der Waals surface area contributed by atoms with Crippen LogP contribution in [0.4, 0.5) is 0 Å². The fourth-order valence-corrected chi connectivity index (χ4v) is 2.36. The van der Waals surface area contributed by atoms with Crippen LogP contribution in [0.15, 0.2) is 76.2 Å². The van der Waals surface area contributed by atoms with Crippen molar-refractivity contribution in [3.8, 4) is 11.3 Å². The van der Waals surface area contributed by atoms with Crippen LogP contribution >= 0.6 is 0 Å². The van der Waals surface area contributed by atoms with Crippen molar-refractivity contribution in [2.45, 2.75) is 0 Å². The van der Waals surface area contributed by atoms with Crippen LogP contribution in [0.25, 0.3) is 11.3 Å². The van der Waals surface area contributed by atoms with E-state index in [4.69, 9.17) is 9.15 Å². The molecule has 0 saturated carbocycles. The van der Waals surface area contributed by atoms with Crippen LogP contribution < -0.4 is 5.43 Å². The molecular formula is C20H16N2O4. The standard InChI is InChI=1S/C20H16N2O4/c1-25-20(24)17-10-6-5-9-16(17)18-12-11-15(26-18)13-21-22-19(23)14-7-3-2-4-8-14/h2-13H,1H3,(H,22,23)/b21-13+. The molecule has 0 aliphatic carbocycles. The van der Waals surface area contributed by atoms with Gasteiger partial charge in [-0.25, -0.2) is 10.2 Å². The highest BCUT2D eigenvalue weighted by Gasteiger charge is 2.15. The summed E-state index contributed by atoms with van der Waals surface area (Å²) < 4.78 is 10.5. The Hall–Kier alpha value is -3.67. The van der Waals surface area contributed by atoms with Crippen LogP contribution in [-0.4, -0.2) is 25.2 Å². The van der Waals surface area contributed by atoms with Crippen LogP contribution in [0.2, 0.25) is 0 Å². The summed E-state index contributed by atoms with van der Waals surface area (Å²) in [5.41, 5.74) is 3.97. The molecule has 0 radical (unpaired) electrons. The average Bonchev–Trinajstić information content (AvgIpc) is 3.16. The van der Waals surface area contributed by atoms with E-state index in [-0.39, 0.29) is 5.91 Å². The molecule has 3 rings (SSSR count). The molecule has 26 heavy (non-hydrogen) atoms. The van der Waals surface area contributed by atoms with Gasteiger partial charge in [0.25, 0.3) is 5.91 Å². The van der Waals surface area contributed by atoms with Gasteiger partial charge >= 0.3 is 5.97 Å². The zero-order chi connectivity index (χ0) is 18.4. The fourth-order valence-electron chi connectivity index (χ4n) is 2.36. The number of ether oxygens (including phenoxy) is 1. The lowest BCUT2D eigenvalue weighted by molar-refractivity contribution is 0.0601. The molecule has 0 saturated heterocycles. The largest absolute Gasteiger partial charge is 0.465 e. The van der Waals surface area contributed by atoms with Gasteiger partial charge in [-0.15, -0.1) is 0 Å². The number of carbonyl (C=O) groups excluding carboxylic acids is 2. The van der Waals surface area contributed by atoms with Gasteiger partial charge in [0.1, 0.15) is 11.5 Å². The van der Waals surface area contributed by atoms with Gasteiger partial charge in [0.05, 0.1) is 18.9 Å². The molecule has 1 N–H and O–H groups in total. The van der Waals surface area contributed by atoms with Crippen molar-refractivity contribution >= 4 is 18.1 Å². The summed E-state index contributed by atoms with van der Waals surface area (Å²) in [6.45, 7) is 0. The molecule has 6 nitrogen and oxygen atoms in total. The van der Waals surface area contributed by atoms with Crippen molar-refractivity contribution in [1.29, 1.82) is 0 Å². The number of hydrazone groups is 1. The predicted molar refractivity (Wildman–Crippen MR) is 97.0 cm³/mol. The van der Waals surface area contributed by atoms with Crippen molar-refractivity contribution in [2.75, 3.05) is 7.11 Å². The SMILES string of the molecule is COC(=O)c1ccccc1-c1ccc(/C=N/NC(=O)c2ccccc2)o1. The first kappa shape index (κ1) is 17.2. The van der Waals surface area contributed by atoms with E-state index in [0.29, 0.717) is 28.2 Å². The van der Waals surface area contributed by atoms with Gasteiger partial charge in [0.15, 0.2) is 0 Å². The van der Waals surface area contributed by atoms with Crippen LogP contribution in [0.1, 0.15) is 26.5 Å². The molecule has 6 heteroatoms. The third kappa shape index (κ3) is 3.87. The third-order valence-corrected chi connectivity index (χ3v) is 3.62. The first-order valence-electron chi connectivity index (χ1n) is 7.85. The number of hydrogen-bond donors (Lipinski definition) is 1. The smallest absolute Gasteiger partial charge is 0.338 e. The van der Waals surface area contributed by atoms with Crippen molar-refractivity contribution in [3.05, 3.63) is 83.6 Å². The van der Waals surface area contributed by atoms with Crippen molar-refractivity contribution in [2.24, 2.45) is 5.10 Å². The minimum atomic E-state index is -0.442. The van der Waals surface area contributed by atoms with E-state index < -0.39 is 5.97 Å². The molecule has 2 aromatic carbocycles. The van der Waals surface area contributed by atoms with E-state index in [9.17, 15) is 9.59 Å². The lowest BCUT2D eigenvalue weighted by Gasteiger charge is -2.04. The third-order valence-electron chi connectivity index (χ3n) is 3.62. The number of benzene rings is 2. The van der Waals surface area contributed by atoms with Gasteiger partial charge in [0, 0.05) is 11.1 Å². The monoisotopic (exact) mass is 348 g/mol. The molecule has 0 bridgehead atoms. The Balaban J connectivity index is 1.73. The van der Waals surface area contributed by atoms with E-state index in [0.717, 1.165) is 0 Å². The maximum absolute atomic E-state index is 11.9. The maximum atomic E-state index is 11.9. The lowest BCUT2D eigenvalue weighted by atomic mass is 10.1. The van der Waals surface area contributed by atoms with Crippen LogP contribution in [-0.2, 0) is 4.74 Å². The first-order valence-corrected chi connectivity index (χ1v) is 7.85. The summed E-state index contributed by atoms with van der Waals surface area (Å²) in [5, 5.41) is 3.89. The Morgan fingerprint density at radius 1 is 1.00 bits per heavy atom. The molecule has 0 fully saturated rings. The average molecular weight is 348 g/mol. The summed E-state index contributed by atoms with van der Waals surface area (Å²) in [6.07, 6.45) is 1.39.